The first-order valence-corrected chi connectivity index (χ1v) is 13.0. The van der Waals surface area contributed by atoms with Gasteiger partial charge in [0.25, 0.3) is 0 Å². The summed E-state index contributed by atoms with van der Waals surface area (Å²) in [6.45, 7) is 2.63. The highest BCUT2D eigenvalue weighted by atomic mass is 16.2. The van der Waals surface area contributed by atoms with Crippen molar-refractivity contribution in [3.8, 4) is 0 Å². The van der Waals surface area contributed by atoms with Crippen molar-refractivity contribution in [2.24, 2.45) is 0 Å². The molecule has 2 aromatic heterocycles. The number of H-pyrrole nitrogens is 1. The van der Waals surface area contributed by atoms with E-state index in [1.165, 1.54) is 37.7 Å². The van der Waals surface area contributed by atoms with Crippen LogP contribution in [0.25, 0.3) is 0 Å². The van der Waals surface area contributed by atoms with Crippen LogP contribution in [0, 0.1) is 0 Å². The fourth-order valence-corrected chi connectivity index (χ4v) is 6.20. The second-order valence-electron chi connectivity index (χ2n) is 10.2. The average molecular weight is 450 g/mol. The Hall–Kier alpha value is -2.64. The number of carbonyl (C=O) groups excluding carboxylic acids is 1. The molecule has 6 rings (SSSR count). The summed E-state index contributed by atoms with van der Waals surface area (Å²) >= 11 is 0. The maximum absolute atomic E-state index is 13.3. The molecule has 2 aromatic rings. The van der Waals surface area contributed by atoms with Crippen molar-refractivity contribution in [1.29, 1.82) is 0 Å². The van der Waals surface area contributed by atoms with E-state index >= 15 is 0 Å². The van der Waals surface area contributed by atoms with Gasteiger partial charge in [0.15, 0.2) is 0 Å². The SMILES string of the molecule is O=C([C@@H]1CCCN1c1nc2c(c(Nc3cc(C4CCCC4)n[nH]3)n1)CCC2)N1CCCCC1. The van der Waals surface area contributed by atoms with Crippen molar-refractivity contribution in [1.82, 2.24) is 25.1 Å². The largest absolute Gasteiger partial charge is 0.341 e. The molecule has 176 valence electrons. The van der Waals surface area contributed by atoms with Crippen molar-refractivity contribution >= 4 is 23.5 Å². The molecule has 2 aliphatic heterocycles. The van der Waals surface area contributed by atoms with Crippen molar-refractivity contribution in [3.63, 3.8) is 0 Å². The number of fused-ring (bicyclic) bond motifs is 1. The molecule has 0 unspecified atom stereocenters. The highest BCUT2D eigenvalue weighted by Crippen LogP contribution is 2.36. The average Bonchev–Trinajstić information content (AvgIpc) is 3.65. The minimum Gasteiger partial charge on any atom is -0.341 e. The maximum Gasteiger partial charge on any atom is 0.245 e. The van der Waals surface area contributed by atoms with Gasteiger partial charge < -0.3 is 15.1 Å². The number of aromatic nitrogens is 4. The molecule has 2 N–H and O–H groups in total. The van der Waals surface area contributed by atoms with Crippen LogP contribution in [0.1, 0.15) is 87.1 Å². The number of anilines is 3. The van der Waals surface area contributed by atoms with Crippen molar-refractivity contribution in [2.75, 3.05) is 29.9 Å². The van der Waals surface area contributed by atoms with Crippen LogP contribution in [0.4, 0.5) is 17.6 Å². The smallest absolute Gasteiger partial charge is 0.245 e. The lowest BCUT2D eigenvalue weighted by molar-refractivity contribution is -0.133. The quantitative estimate of drug-likeness (QED) is 0.715. The molecule has 33 heavy (non-hydrogen) atoms. The number of carbonyl (C=O) groups is 1. The molecular formula is C25H35N7O. The van der Waals surface area contributed by atoms with Crippen molar-refractivity contribution in [2.45, 2.75) is 89.0 Å². The van der Waals surface area contributed by atoms with E-state index in [1.807, 2.05) is 0 Å². The molecule has 1 atom stereocenters. The number of nitrogens with one attached hydrogen (secondary N) is 2. The standard InChI is InChI=1S/C25H35N7O/c33-24(31-13-4-1-5-14-31)21-12-7-15-32(21)25-26-19-11-6-10-18(19)23(28-25)27-22-16-20(29-30-22)17-8-2-3-9-17/h16-17,21H,1-15H2,(H2,26,27,28,29,30)/t21-/m0/s1. The van der Waals surface area contributed by atoms with E-state index in [4.69, 9.17) is 9.97 Å². The molecule has 2 saturated heterocycles. The number of rotatable bonds is 5. The third-order valence-corrected chi connectivity index (χ3v) is 8.01. The van der Waals surface area contributed by atoms with Crippen LogP contribution in [-0.4, -0.2) is 56.6 Å². The summed E-state index contributed by atoms with van der Waals surface area (Å²) in [5, 5.41) is 11.3. The van der Waals surface area contributed by atoms with Crippen LogP contribution in [0.15, 0.2) is 6.07 Å². The van der Waals surface area contributed by atoms with Gasteiger partial charge in [-0.1, -0.05) is 12.8 Å². The Bertz CT molecular complexity index is 1010. The Morgan fingerprint density at radius 1 is 0.939 bits per heavy atom. The Balaban J connectivity index is 1.25. The molecule has 1 amide bonds. The highest BCUT2D eigenvalue weighted by molar-refractivity contribution is 5.85. The Labute approximate surface area is 195 Å². The van der Waals surface area contributed by atoms with Crippen LogP contribution in [0.2, 0.25) is 0 Å². The lowest BCUT2D eigenvalue weighted by atomic mass is 10.0. The zero-order chi connectivity index (χ0) is 22.2. The van der Waals surface area contributed by atoms with E-state index in [2.05, 4.69) is 31.4 Å². The van der Waals surface area contributed by atoms with Gasteiger partial charge in [0.2, 0.25) is 11.9 Å². The molecule has 4 heterocycles. The first-order valence-electron chi connectivity index (χ1n) is 13.0. The minimum absolute atomic E-state index is 0.128. The lowest BCUT2D eigenvalue weighted by Crippen LogP contribution is -2.48. The number of likely N-dealkylation sites (tertiary alicyclic amines) is 1. The van der Waals surface area contributed by atoms with Crippen LogP contribution in [-0.2, 0) is 17.6 Å². The first-order chi connectivity index (χ1) is 16.3. The molecule has 0 spiro atoms. The summed E-state index contributed by atoms with van der Waals surface area (Å²) in [5.41, 5.74) is 3.51. The van der Waals surface area contributed by atoms with Gasteiger partial charge in [-0.3, -0.25) is 9.89 Å². The molecule has 4 aliphatic rings. The Morgan fingerprint density at radius 2 is 1.79 bits per heavy atom. The molecule has 3 fully saturated rings. The maximum atomic E-state index is 13.3. The molecule has 8 nitrogen and oxygen atoms in total. The van der Waals surface area contributed by atoms with Crippen molar-refractivity contribution < 1.29 is 4.79 Å². The van der Waals surface area contributed by atoms with E-state index in [1.54, 1.807) is 0 Å². The number of hydrogen-bond acceptors (Lipinski definition) is 6. The molecule has 8 heteroatoms. The Morgan fingerprint density at radius 3 is 2.64 bits per heavy atom. The number of piperidine rings is 1. The summed E-state index contributed by atoms with van der Waals surface area (Å²) in [4.78, 5) is 27.5. The summed E-state index contributed by atoms with van der Waals surface area (Å²) in [5.74, 6) is 3.33. The van der Waals surface area contributed by atoms with Crippen molar-refractivity contribution in [3.05, 3.63) is 23.0 Å². The molecule has 1 saturated carbocycles. The first kappa shape index (κ1) is 20.9. The fourth-order valence-electron chi connectivity index (χ4n) is 6.20. The fraction of sp³-hybridized carbons (Fsp3) is 0.680. The molecule has 0 radical (unpaired) electrons. The van der Waals surface area contributed by atoms with E-state index in [0.29, 0.717) is 11.9 Å². The van der Waals surface area contributed by atoms with E-state index in [-0.39, 0.29) is 11.9 Å². The molecule has 0 aromatic carbocycles. The molecular weight excluding hydrogens is 414 g/mol. The predicted octanol–water partition coefficient (Wildman–Crippen LogP) is 4.07. The van der Waals surface area contributed by atoms with Gasteiger partial charge in [-0.2, -0.15) is 10.1 Å². The van der Waals surface area contributed by atoms with Gasteiger partial charge in [0.1, 0.15) is 17.7 Å². The van der Waals surface area contributed by atoms with Gasteiger partial charge in [-0.05, 0) is 64.2 Å². The summed E-state index contributed by atoms with van der Waals surface area (Å²) < 4.78 is 0. The Kier molecular flexibility index (Phi) is 5.68. The molecule has 0 bridgehead atoms. The summed E-state index contributed by atoms with van der Waals surface area (Å²) in [7, 11) is 0. The van der Waals surface area contributed by atoms with E-state index in [9.17, 15) is 4.79 Å². The lowest BCUT2D eigenvalue weighted by Gasteiger charge is -2.32. The predicted molar refractivity (Wildman–Crippen MR) is 128 cm³/mol. The third kappa shape index (κ3) is 4.08. The number of amides is 1. The topological polar surface area (TPSA) is 90.0 Å². The minimum atomic E-state index is -0.128. The van der Waals surface area contributed by atoms with Gasteiger partial charge in [0, 0.05) is 37.2 Å². The zero-order valence-corrected chi connectivity index (χ0v) is 19.5. The second-order valence-corrected chi connectivity index (χ2v) is 10.2. The van der Waals surface area contributed by atoms with E-state index < -0.39 is 0 Å². The summed E-state index contributed by atoms with van der Waals surface area (Å²) in [6, 6.07) is 2.02. The number of hydrogen-bond donors (Lipinski definition) is 2. The number of aryl methyl sites for hydroxylation is 1. The normalized spacial score (nSPS) is 23.3. The zero-order valence-electron chi connectivity index (χ0n) is 19.5. The van der Waals surface area contributed by atoms with Gasteiger partial charge in [-0.15, -0.1) is 0 Å². The van der Waals surface area contributed by atoms with Crippen LogP contribution >= 0.6 is 0 Å². The monoisotopic (exact) mass is 449 g/mol. The number of nitrogens with zero attached hydrogens (tertiary/aromatic N) is 5. The van der Waals surface area contributed by atoms with Gasteiger partial charge in [-0.25, -0.2) is 4.98 Å². The molecule has 2 aliphatic carbocycles. The third-order valence-electron chi connectivity index (χ3n) is 8.01. The summed E-state index contributed by atoms with van der Waals surface area (Å²) in [6.07, 6.45) is 13.5. The van der Waals surface area contributed by atoms with Crippen LogP contribution in [0.5, 0.6) is 0 Å². The number of aromatic amines is 1. The van der Waals surface area contributed by atoms with Crippen LogP contribution < -0.4 is 10.2 Å². The van der Waals surface area contributed by atoms with E-state index in [0.717, 1.165) is 87.6 Å². The van der Waals surface area contributed by atoms with Gasteiger partial charge >= 0.3 is 0 Å². The van der Waals surface area contributed by atoms with Gasteiger partial charge in [0.05, 0.1) is 11.4 Å². The highest BCUT2D eigenvalue weighted by Gasteiger charge is 2.36. The second kappa shape index (κ2) is 8.95. The van der Waals surface area contributed by atoms with Crippen LogP contribution in [0.3, 0.4) is 0 Å².